The minimum absolute atomic E-state index is 0.0880. The first-order chi connectivity index (χ1) is 20.0. The molecule has 0 saturated carbocycles. The number of aromatic hydroxyl groups is 1. The Labute approximate surface area is 244 Å². The van der Waals surface area contributed by atoms with E-state index < -0.39 is 11.9 Å². The van der Waals surface area contributed by atoms with Gasteiger partial charge in [0, 0.05) is 12.6 Å². The molecule has 1 unspecified atom stereocenters. The number of azo groups is 1. The molecule has 4 aromatic rings. The lowest BCUT2D eigenvalue weighted by Crippen LogP contribution is -2.35. The Hall–Kier alpha value is -4.99. The summed E-state index contributed by atoms with van der Waals surface area (Å²) in [4.78, 5) is 39.0. The van der Waals surface area contributed by atoms with Gasteiger partial charge in [-0.2, -0.15) is 0 Å². The summed E-state index contributed by atoms with van der Waals surface area (Å²) < 4.78 is 6.35. The standard InChI is InChI=1S/C32H35N5O5/c1-7-42-28(38)18-36(6)31(40)21(4)23-12-14-24(15-13-23)26-9-8-10-27(30(26)39)33-34-29-22(5)35-37(32(29)41)25-16-11-19(2)20(3)17-25/h8-17,21,35,39H,7,18H2,1-6H3. The number of aromatic nitrogens is 2. The van der Waals surface area contributed by atoms with Crippen molar-refractivity contribution in [2.24, 2.45) is 10.2 Å². The normalized spacial score (nSPS) is 12.0. The van der Waals surface area contributed by atoms with Crippen molar-refractivity contribution < 1.29 is 19.4 Å². The van der Waals surface area contributed by atoms with Crippen LogP contribution in [0.2, 0.25) is 0 Å². The molecule has 0 spiro atoms. The smallest absolute Gasteiger partial charge is 0.325 e. The molecular weight excluding hydrogens is 534 g/mol. The van der Waals surface area contributed by atoms with Crippen molar-refractivity contribution in [3.05, 3.63) is 93.4 Å². The van der Waals surface area contributed by atoms with Crippen molar-refractivity contribution in [3.63, 3.8) is 0 Å². The maximum absolute atomic E-state index is 13.1. The third-order valence-corrected chi connectivity index (χ3v) is 7.20. The summed E-state index contributed by atoms with van der Waals surface area (Å²) in [6, 6.07) is 18.1. The third kappa shape index (κ3) is 6.33. The van der Waals surface area contributed by atoms with Crippen LogP contribution in [0.1, 0.15) is 42.1 Å². The minimum Gasteiger partial charge on any atom is -0.505 e. The lowest BCUT2D eigenvalue weighted by Gasteiger charge is -2.21. The first-order valence-corrected chi connectivity index (χ1v) is 13.7. The van der Waals surface area contributed by atoms with Crippen LogP contribution < -0.4 is 5.56 Å². The number of phenolic OH excluding ortho intramolecular Hbond substituents is 1. The summed E-state index contributed by atoms with van der Waals surface area (Å²) in [6.07, 6.45) is 0. The molecule has 0 saturated heterocycles. The van der Waals surface area contributed by atoms with Crippen LogP contribution in [-0.4, -0.2) is 51.9 Å². The molecule has 4 rings (SSSR count). The van der Waals surface area contributed by atoms with E-state index in [4.69, 9.17) is 4.74 Å². The molecule has 0 aliphatic heterocycles. The molecule has 1 heterocycles. The van der Waals surface area contributed by atoms with Gasteiger partial charge in [-0.05, 0) is 75.1 Å². The largest absolute Gasteiger partial charge is 0.505 e. The van der Waals surface area contributed by atoms with Crippen molar-refractivity contribution >= 4 is 23.3 Å². The highest BCUT2D eigenvalue weighted by Crippen LogP contribution is 2.38. The van der Waals surface area contributed by atoms with Gasteiger partial charge in [0.15, 0.2) is 11.4 Å². The fourth-order valence-corrected chi connectivity index (χ4v) is 4.55. The molecule has 1 amide bonds. The van der Waals surface area contributed by atoms with Crippen LogP contribution in [0.15, 0.2) is 75.7 Å². The molecule has 218 valence electrons. The van der Waals surface area contributed by atoms with Gasteiger partial charge in [0.2, 0.25) is 5.91 Å². The molecule has 0 fully saturated rings. The van der Waals surface area contributed by atoms with E-state index in [2.05, 4.69) is 15.3 Å². The topological polar surface area (TPSA) is 129 Å². The van der Waals surface area contributed by atoms with Crippen LogP contribution in [0.5, 0.6) is 5.75 Å². The molecule has 3 aromatic carbocycles. The number of likely N-dealkylation sites (N-methyl/N-ethyl adjacent to an activating group) is 1. The fraction of sp³-hybridized carbons (Fsp3) is 0.281. The molecule has 0 aliphatic rings. The van der Waals surface area contributed by atoms with Crippen LogP contribution in [0.3, 0.4) is 0 Å². The van der Waals surface area contributed by atoms with Gasteiger partial charge in [-0.25, -0.2) is 4.68 Å². The number of nitrogens with zero attached hydrogens (tertiary/aromatic N) is 4. The van der Waals surface area contributed by atoms with Crippen LogP contribution in [0.4, 0.5) is 11.4 Å². The summed E-state index contributed by atoms with van der Waals surface area (Å²) in [5.74, 6) is -1.24. The highest BCUT2D eigenvalue weighted by molar-refractivity contribution is 5.87. The highest BCUT2D eigenvalue weighted by Gasteiger charge is 2.22. The van der Waals surface area contributed by atoms with E-state index in [1.165, 1.54) is 9.58 Å². The molecule has 42 heavy (non-hydrogen) atoms. The maximum atomic E-state index is 13.1. The number of nitrogens with one attached hydrogen (secondary N) is 1. The van der Waals surface area contributed by atoms with Crippen molar-refractivity contribution in [3.8, 4) is 22.6 Å². The van der Waals surface area contributed by atoms with Gasteiger partial charge in [0.25, 0.3) is 5.56 Å². The summed E-state index contributed by atoms with van der Waals surface area (Å²) in [5, 5.41) is 22.5. The number of amides is 1. The molecular formula is C32H35N5O5. The number of rotatable bonds is 9. The predicted octanol–water partition coefficient (Wildman–Crippen LogP) is 6.00. The minimum atomic E-state index is -0.482. The van der Waals surface area contributed by atoms with E-state index in [1.54, 1.807) is 58.2 Å². The van der Waals surface area contributed by atoms with Gasteiger partial charge in [-0.1, -0.05) is 42.5 Å². The number of hydrogen-bond acceptors (Lipinski definition) is 7. The summed E-state index contributed by atoms with van der Waals surface area (Å²) in [5.41, 5.74) is 5.44. The predicted molar refractivity (Wildman–Crippen MR) is 161 cm³/mol. The van der Waals surface area contributed by atoms with Gasteiger partial charge < -0.3 is 14.7 Å². The van der Waals surface area contributed by atoms with Crippen LogP contribution in [0.25, 0.3) is 16.8 Å². The quantitative estimate of drug-likeness (QED) is 0.189. The first-order valence-electron chi connectivity index (χ1n) is 13.7. The maximum Gasteiger partial charge on any atom is 0.325 e. The van der Waals surface area contributed by atoms with Gasteiger partial charge in [0.05, 0.1) is 23.9 Å². The number of carbonyl (C=O) groups excluding carboxylic acids is 2. The van der Waals surface area contributed by atoms with Crippen LogP contribution >= 0.6 is 0 Å². The number of H-pyrrole nitrogens is 1. The second kappa shape index (κ2) is 12.7. The molecule has 0 bridgehead atoms. The van der Waals surface area contributed by atoms with Crippen molar-refractivity contribution in [1.82, 2.24) is 14.7 Å². The SMILES string of the molecule is CCOC(=O)CN(C)C(=O)C(C)c1ccc(-c2cccc(N=Nc3c(C)[nH]n(-c4ccc(C)c(C)c4)c3=O)c2O)cc1. The lowest BCUT2D eigenvalue weighted by molar-refractivity contribution is -0.148. The third-order valence-electron chi connectivity index (χ3n) is 7.20. The summed E-state index contributed by atoms with van der Waals surface area (Å²) in [7, 11) is 1.57. The summed E-state index contributed by atoms with van der Waals surface area (Å²) >= 11 is 0. The second-order valence-corrected chi connectivity index (χ2v) is 10.2. The Morgan fingerprint density at radius 1 is 1.02 bits per heavy atom. The zero-order valence-electron chi connectivity index (χ0n) is 24.6. The Kier molecular flexibility index (Phi) is 9.05. The number of esters is 1. The number of hydrogen-bond donors (Lipinski definition) is 2. The summed E-state index contributed by atoms with van der Waals surface area (Å²) in [6.45, 7) is 9.36. The van der Waals surface area contributed by atoms with Gasteiger partial charge >= 0.3 is 5.97 Å². The van der Waals surface area contributed by atoms with E-state index in [0.29, 0.717) is 22.5 Å². The molecule has 0 radical (unpaired) electrons. The van der Waals surface area contributed by atoms with Gasteiger partial charge in [0.1, 0.15) is 12.2 Å². The number of aromatic amines is 1. The number of aryl methyl sites for hydroxylation is 3. The monoisotopic (exact) mass is 569 g/mol. The molecule has 1 atom stereocenters. The van der Waals surface area contributed by atoms with E-state index >= 15 is 0 Å². The van der Waals surface area contributed by atoms with E-state index in [-0.39, 0.29) is 41.7 Å². The Balaban J connectivity index is 1.54. The Morgan fingerprint density at radius 3 is 2.40 bits per heavy atom. The van der Waals surface area contributed by atoms with Crippen molar-refractivity contribution in [2.45, 2.75) is 40.5 Å². The molecule has 10 nitrogen and oxygen atoms in total. The van der Waals surface area contributed by atoms with Crippen LogP contribution in [-0.2, 0) is 14.3 Å². The number of phenols is 1. The molecule has 10 heteroatoms. The fourth-order valence-electron chi connectivity index (χ4n) is 4.55. The average Bonchev–Trinajstić information content (AvgIpc) is 3.25. The zero-order chi connectivity index (χ0) is 30.6. The first kappa shape index (κ1) is 30.0. The second-order valence-electron chi connectivity index (χ2n) is 10.2. The average molecular weight is 570 g/mol. The van der Waals surface area contributed by atoms with E-state index in [0.717, 1.165) is 16.7 Å². The van der Waals surface area contributed by atoms with Crippen molar-refractivity contribution in [1.29, 1.82) is 0 Å². The number of benzene rings is 3. The number of ether oxygens (including phenoxy) is 1. The molecule has 0 aliphatic carbocycles. The van der Waals surface area contributed by atoms with E-state index in [9.17, 15) is 19.5 Å². The molecule has 1 aromatic heterocycles. The van der Waals surface area contributed by atoms with E-state index in [1.807, 2.05) is 44.2 Å². The van der Waals surface area contributed by atoms with Crippen molar-refractivity contribution in [2.75, 3.05) is 20.2 Å². The number of carbonyl (C=O) groups is 2. The molecule has 2 N–H and O–H groups in total. The Morgan fingerprint density at radius 2 is 1.74 bits per heavy atom. The zero-order valence-corrected chi connectivity index (χ0v) is 24.6. The number of para-hydroxylation sites is 1. The Bertz CT molecular complexity index is 1700. The van der Waals surface area contributed by atoms with Gasteiger partial charge in [-0.3, -0.25) is 19.5 Å². The highest BCUT2D eigenvalue weighted by atomic mass is 16.5. The van der Waals surface area contributed by atoms with Crippen LogP contribution in [0, 0.1) is 20.8 Å². The lowest BCUT2D eigenvalue weighted by atomic mass is 9.96. The van der Waals surface area contributed by atoms with Gasteiger partial charge in [-0.15, -0.1) is 10.2 Å².